The molecule has 122 valence electrons. The van der Waals surface area contributed by atoms with Gasteiger partial charge in [-0.25, -0.2) is 0 Å². The average molecular weight is 304 g/mol. The third-order valence-electron chi connectivity index (χ3n) is 3.42. The van der Waals surface area contributed by atoms with E-state index >= 15 is 0 Å². The van der Waals surface area contributed by atoms with Crippen LogP contribution < -0.4 is 0 Å². The summed E-state index contributed by atoms with van der Waals surface area (Å²) in [7, 11) is 0. The van der Waals surface area contributed by atoms with E-state index in [4.69, 9.17) is 14.6 Å². The van der Waals surface area contributed by atoms with E-state index in [0.717, 1.165) is 6.42 Å². The lowest BCUT2D eigenvalue weighted by molar-refractivity contribution is -0.261. The van der Waals surface area contributed by atoms with Crippen LogP contribution in [0.25, 0.3) is 0 Å². The molecule has 0 aromatic rings. The van der Waals surface area contributed by atoms with Crippen molar-refractivity contribution in [3.63, 3.8) is 0 Å². The number of ether oxygens (including phenoxy) is 2. The fraction of sp³-hybridized carbons (Fsp3) is 0.857. The summed E-state index contributed by atoms with van der Waals surface area (Å²) in [5.41, 5.74) is 0. The van der Waals surface area contributed by atoms with Gasteiger partial charge >= 0.3 is 5.97 Å². The van der Waals surface area contributed by atoms with Crippen molar-refractivity contribution in [2.45, 2.75) is 70.1 Å². The van der Waals surface area contributed by atoms with E-state index < -0.39 is 30.9 Å². The van der Waals surface area contributed by atoms with Crippen molar-refractivity contribution in [3.8, 4) is 0 Å². The molecule has 0 radical (unpaired) electrons. The number of hydrogen-bond acceptors (Lipinski definition) is 6. The van der Waals surface area contributed by atoms with Gasteiger partial charge in [-0.1, -0.05) is 6.42 Å². The van der Waals surface area contributed by atoms with Crippen molar-refractivity contribution in [3.05, 3.63) is 0 Å². The number of aliphatic hydroxyl groups excluding tert-OH is 2. The molecule has 0 unspecified atom stereocenters. The molecule has 0 amide bonds. The number of carbonyl (C=O) groups excluding carboxylic acids is 1. The Balaban J connectivity index is 2.06. The minimum absolute atomic E-state index is 0.232. The Morgan fingerprint density at radius 1 is 1.19 bits per heavy atom. The summed E-state index contributed by atoms with van der Waals surface area (Å²) in [5, 5.41) is 27.7. The van der Waals surface area contributed by atoms with E-state index in [-0.39, 0.29) is 24.7 Å². The zero-order valence-corrected chi connectivity index (χ0v) is 12.2. The summed E-state index contributed by atoms with van der Waals surface area (Å²) in [6, 6.07) is 0. The highest BCUT2D eigenvalue weighted by Crippen LogP contribution is 2.21. The molecule has 21 heavy (non-hydrogen) atoms. The quantitative estimate of drug-likeness (QED) is 0.419. The van der Waals surface area contributed by atoms with Crippen molar-refractivity contribution < 1.29 is 34.4 Å². The molecule has 7 heteroatoms. The van der Waals surface area contributed by atoms with Crippen molar-refractivity contribution >= 4 is 11.8 Å². The highest BCUT2D eigenvalue weighted by Gasteiger charge is 2.34. The summed E-state index contributed by atoms with van der Waals surface area (Å²) in [4.78, 5) is 21.5. The number of ketones is 1. The normalized spacial score (nSPS) is 29.3. The summed E-state index contributed by atoms with van der Waals surface area (Å²) in [5.74, 6) is -1.36. The lowest BCUT2D eigenvalue weighted by Gasteiger charge is -2.35. The minimum Gasteiger partial charge on any atom is -0.481 e. The van der Waals surface area contributed by atoms with Crippen LogP contribution in [0.5, 0.6) is 0 Å². The molecule has 0 aromatic heterocycles. The van der Waals surface area contributed by atoms with E-state index in [1.807, 2.05) is 0 Å². The topological polar surface area (TPSA) is 113 Å². The molecule has 1 aliphatic heterocycles. The third kappa shape index (κ3) is 6.99. The van der Waals surface area contributed by atoms with Crippen molar-refractivity contribution in [2.75, 3.05) is 6.61 Å². The van der Waals surface area contributed by atoms with Gasteiger partial charge in [0.1, 0.15) is 18.3 Å². The van der Waals surface area contributed by atoms with Gasteiger partial charge in [0.15, 0.2) is 6.29 Å². The number of Topliss-reactive ketones (excluding diaryl/α,β-unsaturated/α-hetero) is 1. The summed E-state index contributed by atoms with van der Waals surface area (Å²) in [6.45, 7) is 2.11. The number of carboxylic acids is 1. The Kier molecular flexibility index (Phi) is 7.81. The number of hydrogen-bond donors (Lipinski definition) is 3. The Labute approximate surface area is 123 Å². The number of carboxylic acid groups (broad SMARTS) is 1. The van der Waals surface area contributed by atoms with E-state index in [9.17, 15) is 19.8 Å². The SMILES string of the molecule is C[C@@H]1O[C@@H](OCCCCCC(=O)CC(=O)O)[C@H](O)C[C@H]1O. The maximum atomic E-state index is 11.2. The number of aliphatic carboxylic acids is 1. The van der Waals surface area contributed by atoms with Gasteiger partial charge in [-0.2, -0.15) is 0 Å². The number of carbonyl (C=O) groups is 2. The lowest BCUT2D eigenvalue weighted by Crippen LogP contribution is -2.47. The Bertz CT molecular complexity index is 344. The van der Waals surface area contributed by atoms with E-state index in [0.29, 0.717) is 19.4 Å². The molecular formula is C14H24O7. The second-order valence-corrected chi connectivity index (χ2v) is 5.37. The van der Waals surface area contributed by atoms with Gasteiger partial charge in [0.05, 0.1) is 12.2 Å². The molecule has 7 nitrogen and oxygen atoms in total. The van der Waals surface area contributed by atoms with Crippen LogP contribution in [0.1, 0.15) is 45.4 Å². The molecule has 1 saturated heterocycles. The average Bonchev–Trinajstić information content (AvgIpc) is 2.38. The molecule has 1 aliphatic rings. The number of aliphatic hydroxyl groups is 2. The van der Waals surface area contributed by atoms with Crippen LogP contribution in [-0.2, 0) is 19.1 Å². The molecule has 0 bridgehead atoms. The Morgan fingerprint density at radius 3 is 2.57 bits per heavy atom. The van der Waals surface area contributed by atoms with E-state index in [1.54, 1.807) is 6.92 Å². The van der Waals surface area contributed by atoms with Crippen LogP contribution in [0, 0.1) is 0 Å². The van der Waals surface area contributed by atoms with Crippen LogP contribution in [-0.4, -0.2) is 58.3 Å². The second kappa shape index (κ2) is 9.09. The van der Waals surface area contributed by atoms with Gasteiger partial charge in [-0.05, 0) is 19.8 Å². The maximum Gasteiger partial charge on any atom is 0.310 e. The molecule has 1 fully saturated rings. The first-order valence-corrected chi connectivity index (χ1v) is 7.27. The Morgan fingerprint density at radius 2 is 1.90 bits per heavy atom. The predicted octanol–water partition coefficient (Wildman–Crippen LogP) is 0.464. The van der Waals surface area contributed by atoms with Gasteiger partial charge in [0.2, 0.25) is 0 Å². The first kappa shape index (κ1) is 18.0. The molecule has 3 N–H and O–H groups in total. The van der Waals surface area contributed by atoms with Gasteiger partial charge in [0.25, 0.3) is 0 Å². The zero-order chi connectivity index (χ0) is 15.8. The third-order valence-corrected chi connectivity index (χ3v) is 3.42. The fourth-order valence-electron chi connectivity index (χ4n) is 2.15. The standard InChI is InChI=1S/C14H24O7/c1-9-11(16)8-12(17)14(21-9)20-6-4-2-3-5-10(15)7-13(18)19/h9,11-12,14,16-17H,2-8H2,1H3,(H,18,19)/t9-,11+,12+,14+/m0/s1. The molecular weight excluding hydrogens is 280 g/mol. The molecule has 0 saturated carbocycles. The summed E-state index contributed by atoms with van der Waals surface area (Å²) in [6.07, 6.45) is -0.473. The summed E-state index contributed by atoms with van der Waals surface area (Å²) < 4.78 is 10.8. The predicted molar refractivity (Wildman–Crippen MR) is 72.6 cm³/mol. The molecule has 0 aliphatic carbocycles. The van der Waals surface area contributed by atoms with Crippen LogP contribution in [0.3, 0.4) is 0 Å². The maximum absolute atomic E-state index is 11.2. The highest BCUT2D eigenvalue weighted by molar-refractivity contribution is 5.94. The summed E-state index contributed by atoms with van der Waals surface area (Å²) >= 11 is 0. The molecule has 1 heterocycles. The largest absolute Gasteiger partial charge is 0.481 e. The minimum atomic E-state index is -1.09. The van der Waals surface area contributed by atoms with Gasteiger partial charge in [-0.3, -0.25) is 9.59 Å². The van der Waals surface area contributed by atoms with Crippen molar-refractivity contribution in [1.29, 1.82) is 0 Å². The second-order valence-electron chi connectivity index (χ2n) is 5.37. The fourth-order valence-corrected chi connectivity index (χ4v) is 2.15. The van der Waals surface area contributed by atoms with Gasteiger partial charge in [0, 0.05) is 19.4 Å². The van der Waals surface area contributed by atoms with Crippen LogP contribution in [0.2, 0.25) is 0 Å². The van der Waals surface area contributed by atoms with E-state index in [1.165, 1.54) is 0 Å². The first-order chi connectivity index (χ1) is 9.90. The molecule has 4 atom stereocenters. The van der Waals surface area contributed by atoms with Crippen molar-refractivity contribution in [2.24, 2.45) is 0 Å². The van der Waals surface area contributed by atoms with E-state index in [2.05, 4.69) is 0 Å². The monoisotopic (exact) mass is 304 g/mol. The number of rotatable bonds is 9. The Hall–Kier alpha value is -1.02. The molecule has 0 spiro atoms. The highest BCUT2D eigenvalue weighted by atomic mass is 16.7. The zero-order valence-electron chi connectivity index (χ0n) is 12.2. The van der Waals surface area contributed by atoms with Crippen LogP contribution >= 0.6 is 0 Å². The van der Waals surface area contributed by atoms with Crippen LogP contribution in [0.15, 0.2) is 0 Å². The number of unbranched alkanes of at least 4 members (excludes halogenated alkanes) is 2. The molecule has 1 rings (SSSR count). The molecule has 0 aromatic carbocycles. The van der Waals surface area contributed by atoms with Gasteiger partial charge in [-0.15, -0.1) is 0 Å². The lowest BCUT2D eigenvalue weighted by atomic mass is 10.0. The first-order valence-electron chi connectivity index (χ1n) is 7.27. The van der Waals surface area contributed by atoms with Gasteiger partial charge < -0.3 is 24.8 Å². The smallest absolute Gasteiger partial charge is 0.310 e. The van der Waals surface area contributed by atoms with Crippen molar-refractivity contribution in [1.82, 2.24) is 0 Å². The van der Waals surface area contributed by atoms with Crippen LogP contribution in [0.4, 0.5) is 0 Å².